The predicted molar refractivity (Wildman–Crippen MR) is 205 cm³/mol. The minimum absolute atomic E-state index is 0.00346. The quantitative estimate of drug-likeness (QED) is 0.252. The lowest BCUT2D eigenvalue weighted by Gasteiger charge is -2.38. The number of methoxy groups -OCH3 is 1. The Morgan fingerprint density at radius 1 is 0.895 bits per heavy atom. The highest BCUT2D eigenvalue weighted by atomic mass is 19.1. The predicted octanol–water partition coefficient (Wildman–Crippen LogP) is 4.72. The molecule has 6 aromatic rings. The Morgan fingerprint density at radius 2 is 1.74 bits per heavy atom. The van der Waals surface area contributed by atoms with Gasteiger partial charge in [-0.3, -0.25) is 9.69 Å². The largest absolute Gasteiger partial charge is 0.457 e. The zero-order valence-electron chi connectivity index (χ0n) is 31.6. The van der Waals surface area contributed by atoms with Crippen LogP contribution in [0.1, 0.15) is 25.1 Å². The van der Waals surface area contributed by atoms with Crippen molar-refractivity contribution in [2.45, 2.75) is 63.1 Å². The van der Waals surface area contributed by atoms with Crippen molar-refractivity contribution in [3.05, 3.63) is 78.0 Å². The van der Waals surface area contributed by atoms with Gasteiger partial charge in [0.05, 0.1) is 41.0 Å². The minimum Gasteiger partial charge on any atom is -0.457 e. The molecule has 7 heterocycles. The zero-order chi connectivity index (χ0) is 39.1. The van der Waals surface area contributed by atoms with E-state index in [9.17, 15) is 9.18 Å². The van der Waals surface area contributed by atoms with E-state index >= 15 is 8.78 Å². The number of ether oxygens (including phenoxy) is 2. The van der Waals surface area contributed by atoms with Crippen LogP contribution in [-0.4, -0.2) is 121 Å². The number of fused-ring (bicyclic) bond motifs is 6. The van der Waals surface area contributed by atoms with Gasteiger partial charge in [-0.25, -0.2) is 27.8 Å². The van der Waals surface area contributed by atoms with E-state index in [1.54, 1.807) is 19.1 Å². The average molecular weight is 780 g/mol. The number of likely N-dealkylation sites (N-methyl/N-ethyl adjacent to an activating group) is 1. The maximum atomic E-state index is 15.3. The van der Waals surface area contributed by atoms with E-state index in [0.717, 1.165) is 30.7 Å². The van der Waals surface area contributed by atoms with E-state index in [1.807, 2.05) is 34.6 Å². The number of carbonyl (C=O) groups is 1. The average Bonchev–Trinajstić information content (AvgIpc) is 3.66. The number of hydrogen-bond acceptors (Lipinski definition) is 11. The maximum absolute atomic E-state index is 15.3. The molecule has 3 fully saturated rings. The van der Waals surface area contributed by atoms with Gasteiger partial charge in [0, 0.05) is 70.1 Å². The van der Waals surface area contributed by atoms with Crippen LogP contribution in [-0.2, 0) is 16.1 Å². The number of amides is 1. The van der Waals surface area contributed by atoms with Crippen LogP contribution in [0.4, 0.5) is 24.8 Å². The fourth-order valence-electron chi connectivity index (χ4n) is 8.52. The second kappa shape index (κ2) is 13.7. The first kappa shape index (κ1) is 35.6. The third kappa shape index (κ3) is 6.38. The number of benzene rings is 2. The van der Waals surface area contributed by atoms with Crippen molar-refractivity contribution in [2.75, 3.05) is 50.6 Å². The van der Waals surface area contributed by atoms with Crippen LogP contribution < -0.4 is 15.0 Å². The van der Waals surface area contributed by atoms with Crippen molar-refractivity contribution in [3.63, 3.8) is 0 Å². The van der Waals surface area contributed by atoms with E-state index in [-0.39, 0.29) is 41.9 Å². The molecule has 3 aliphatic heterocycles. The summed E-state index contributed by atoms with van der Waals surface area (Å²) in [6, 6.07) is 11.3. The highest BCUT2D eigenvalue weighted by Crippen LogP contribution is 2.37. The summed E-state index contributed by atoms with van der Waals surface area (Å²) in [4.78, 5) is 39.9. The molecule has 4 aromatic heterocycles. The van der Waals surface area contributed by atoms with Gasteiger partial charge in [0.15, 0.2) is 11.5 Å². The molecular weight excluding hydrogens is 740 g/mol. The number of nitrogens with zero attached hydrogens (tertiary/aromatic N) is 10. The molecule has 0 spiro atoms. The number of imidazole rings is 1. The fraction of sp³-hybridized carbons (Fsp3) is 0.400. The van der Waals surface area contributed by atoms with Gasteiger partial charge in [-0.15, -0.1) is 0 Å². The Bertz CT molecular complexity index is 2550. The van der Waals surface area contributed by atoms with Gasteiger partial charge < -0.3 is 29.2 Å². The Kier molecular flexibility index (Phi) is 8.55. The molecule has 2 aromatic carbocycles. The Labute approximate surface area is 325 Å². The summed E-state index contributed by atoms with van der Waals surface area (Å²) in [5.41, 5.74) is 2.63. The molecule has 57 heavy (non-hydrogen) atoms. The highest BCUT2D eigenvalue weighted by molar-refractivity contribution is 5.94. The lowest BCUT2D eigenvalue weighted by molar-refractivity contribution is -0.132. The van der Waals surface area contributed by atoms with Gasteiger partial charge in [0.2, 0.25) is 5.91 Å². The van der Waals surface area contributed by atoms with Gasteiger partial charge in [0.25, 0.3) is 0 Å². The second-order valence-electron chi connectivity index (χ2n) is 15.5. The van der Waals surface area contributed by atoms with Crippen LogP contribution in [0.25, 0.3) is 39.0 Å². The minimum atomic E-state index is -0.811. The molecular formula is C40H40F3N11O3. The summed E-state index contributed by atoms with van der Waals surface area (Å²) < 4.78 is 60.0. The Morgan fingerprint density at radius 3 is 2.53 bits per heavy atom. The van der Waals surface area contributed by atoms with E-state index in [4.69, 9.17) is 24.4 Å². The van der Waals surface area contributed by atoms with E-state index in [1.165, 1.54) is 41.9 Å². The molecule has 4 bridgehead atoms. The van der Waals surface area contributed by atoms with E-state index in [2.05, 4.69) is 20.3 Å². The van der Waals surface area contributed by atoms with Crippen molar-refractivity contribution < 1.29 is 27.4 Å². The normalized spacial score (nSPS) is 21.8. The lowest BCUT2D eigenvalue weighted by Crippen LogP contribution is -2.54. The summed E-state index contributed by atoms with van der Waals surface area (Å²) in [7, 11) is 3.35. The molecule has 1 saturated carbocycles. The number of halogens is 3. The van der Waals surface area contributed by atoms with Crippen molar-refractivity contribution in [1.82, 2.24) is 44.1 Å². The maximum Gasteiger partial charge on any atom is 0.320 e. The fourth-order valence-corrected chi connectivity index (χ4v) is 8.52. The molecule has 17 heteroatoms. The highest BCUT2D eigenvalue weighted by Gasteiger charge is 2.42. The molecule has 2 saturated heterocycles. The summed E-state index contributed by atoms with van der Waals surface area (Å²) >= 11 is 0. The molecule has 14 nitrogen and oxygen atoms in total. The first-order chi connectivity index (χ1) is 27.6. The number of hydrogen-bond donors (Lipinski definition) is 1. The molecule has 10 rings (SSSR count). The Balaban J connectivity index is 1.07. The molecule has 0 unspecified atom stereocenters. The number of pyridine rings is 1. The number of aryl methyl sites for hydroxylation is 1. The van der Waals surface area contributed by atoms with Gasteiger partial charge in [-0.1, -0.05) is 6.07 Å². The smallest absolute Gasteiger partial charge is 0.320 e. The molecule has 1 amide bonds. The zero-order valence-corrected chi connectivity index (χ0v) is 31.6. The number of aromatic nitrogens is 7. The van der Waals surface area contributed by atoms with Crippen molar-refractivity contribution in [3.8, 4) is 23.0 Å². The van der Waals surface area contributed by atoms with Crippen molar-refractivity contribution in [1.29, 1.82) is 0 Å². The first-order valence-corrected chi connectivity index (χ1v) is 19.2. The van der Waals surface area contributed by atoms with Gasteiger partial charge in [-0.05, 0) is 56.5 Å². The van der Waals surface area contributed by atoms with Crippen LogP contribution >= 0.6 is 0 Å². The summed E-state index contributed by atoms with van der Waals surface area (Å²) in [5.74, 6) is -0.510. The summed E-state index contributed by atoms with van der Waals surface area (Å²) in [5, 5.41) is 8.50. The Hall–Kier alpha value is -5.81. The molecule has 1 aliphatic carbocycles. The number of nitrogens with one attached hydrogen (secondary N) is 1. The van der Waals surface area contributed by atoms with Crippen molar-refractivity contribution in [2.24, 2.45) is 0 Å². The monoisotopic (exact) mass is 779 g/mol. The molecule has 4 aliphatic rings. The third-order valence-electron chi connectivity index (χ3n) is 11.5. The second-order valence-corrected chi connectivity index (χ2v) is 15.5. The van der Waals surface area contributed by atoms with Gasteiger partial charge >= 0.3 is 6.01 Å². The van der Waals surface area contributed by atoms with Crippen molar-refractivity contribution >= 4 is 39.6 Å². The third-order valence-corrected chi connectivity index (χ3v) is 11.5. The van der Waals surface area contributed by atoms with E-state index in [0.29, 0.717) is 65.2 Å². The molecule has 1 N–H and O–H groups in total. The summed E-state index contributed by atoms with van der Waals surface area (Å²) in [6.07, 6.45) is 3.67. The molecule has 0 radical (unpaired) electrons. The van der Waals surface area contributed by atoms with Gasteiger partial charge in [0.1, 0.15) is 46.9 Å². The standard InChI is InChI=1S/C40H40F3N11O3/c1-21-45-32-13-23(42)11-28-31-5-4-6-35(47-31)46-24-14-34(39(55)50(2)17-26(56-3)20-52(21)36(28)32)53(16-24)37-29-15-44-54(33-10-7-22(41)12-30(33)43)38(29)49-40(48-37)57-27-18-51(19-27)25-8-9-25/h4-7,10-13,15,24-27,34H,8-9,14,16-20H2,1-3H3,(H,46,47)/t24-,26-,34-/m0/s1. The van der Waals surface area contributed by atoms with Gasteiger partial charge in [-0.2, -0.15) is 15.1 Å². The topological polar surface area (TPSA) is 132 Å². The number of likely N-dealkylation sites (tertiary alicyclic amines) is 1. The molecule has 3 atom stereocenters. The van der Waals surface area contributed by atoms with E-state index < -0.39 is 29.6 Å². The number of carbonyl (C=O) groups excluding carboxylic acids is 1. The van der Waals surface area contributed by atoms with Crippen LogP contribution in [0, 0.1) is 24.4 Å². The SMILES string of the molecule is CO[C@H]1CN(C)C(=O)[C@@H]2C[C@@H](CN2c2nc(OC3CN(C4CC4)C3)nc3c2cnn3-c2ccc(F)cc2F)Nc2cccc(n2)-c2cc(F)cc3nc(C)n(c23)C1. The lowest BCUT2D eigenvalue weighted by atomic mass is 10.1. The first-order valence-electron chi connectivity index (χ1n) is 19.2. The van der Waals surface area contributed by atoms with Crippen LogP contribution in [0.15, 0.2) is 54.7 Å². The summed E-state index contributed by atoms with van der Waals surface area (Å²) in [6.45, 7) is 4.25. The number of rotatable bonds is 6. The number of anilines is 2. The molecule has 294 valence electrons. The van der Waals surface area contributed by atoms with Crippen LogP contribution in [0.3, 0.4) is 0 Å². The van der Waals surface area contributed by atoms with Crippen LogP contribution in [0.2, 0.25) is 0 Å². The van der Waals surface area contributed by atoms with Crippen LogP contribution in [0.5, 0.6) is 6.01 Å².